The van der Waals surface area contributed by atoms with Crippen molar-refractivity contribution in [2.75, 3.05) is 45.6 Å². The first-order chi connectivity index (χ1) is 20.3. The lowest BCUT2D eigenvalue weighted by Gasteiger charge is -2.42. The molecule has 8 heteroatoms. The summed E-state index contributed by atoms with van der Waals surface area (Å²) in [7, 11) is 3.63. The fraction of sp³-hybridized carbons (Fsp3) is 0.382. The third-order valence-corrected chi connectivity index (χ3v) is 8.57. The Morgan fingerprint density at radius 1 is 1.05 bits per heavy atom. The summed E-state index contributed by atoms with van der Waals surface area (Å²) < 4.78 is 44.2. The molecule has 0 bridgehead atoms. The number of urea groups is 1. The van der Waals surface area contributed by atoms with Crippen LogP contribution in [-0.2, 0) is 5.54 Å². The highest BCUT2D eigenvalue weighted by Crippen LogP contribution is 2.45. The van der Waals surface area contributed by atoms with Crippen molar-refractivity contribution in [1.82, 2.24) is 14.7 Å². The lowest BCUT2D eigenvalue weighted by molar-refractivity contribution is 0.105. The third-order valence-electron chi connectivity index (χ3n) is 8.57. The monoisotopic (exact) mass is 576 g/mol. The van der Waals surface area contributed by atoms with Crippen LogP contribution in [0.2, 0.25) is 0 Å². The molecule has 0 radical (unpaired) electrons. The first kappa shape index (κ1) is 29.7. The number of halogens is 3. The molecule has 2 heterocycles. The van der Waals surface area contributed by atoms with Crippen LogP contribution in [0.25, 0.3) is 5.57 Å². The Hall–Kier alpha value is -3.78. The zero-order chi connectivity index (χ0) is 29.7. The maximum atomic E-state index is 15.1. The second-order valence-electron chi connectivity index (χ2n) is 11.5. The van der Waals surface area contributed by atoms with Gasteiger partial charge >= 0.3 is 6.03 Å². The number of alkyl halides is 1. The van der Waals surface area contributed by atoms with Crippen LogP contribution in [-0.4, -0.2) is 73.2 Å². The highest BCUT2D eigenvalue weighted by molar-refractivity contribution is 5.83. The molecule has 222 valence electrons. The molecule has 0 aromatic heterocycles. The van der Waals surface area contributed by atoms with Crippen molar-refractivity contribution in [3.8, 4) is 0 Å². The van der Waals surface area contributed by atoms with E-state index in [2.05, 4.69) is 5.32 Å². The molecule has 0 spiro atoms. The molecule has 2 amide bonds. The number of likely N-dealkylation sites (tertiary alicyclic amines) is 1. The van der Waals surface area contributed by atoms with E-state index in [9.17, 15) is 13.6 Å². The van der Waals surface area contributed by atoms with E-state index in [-0.39, 0.29) is 30.6 Å². The second-order valence-corrected chi connectivity index (χ2v) is 11.5. The molecule has 2 aliphatic heterocycles. The van der Waals surface area contributed by atoms with E-state index in [4.69, 9.17) is 0 Å². The van der Waals surface area contributed by atoms with E-state index in [0.29, 0.717) is 44.5 Å². The van der Waals surface area contributed by atoms with Gasteiger partial charge in [-0.3, -0.25) is 0 Å². The predicted octanol–water partition coefficient (Wildman–Crippen LogP) is 6.94. The molecule has 3 aromatic carbocycles. The van der Waals surface area contributed by atoms with E-state index < -0.39 is 23.3 Å². The van der Waals surface area contributed by atoms with E-state index >= 15 is 4.39 Å². The number of rotatable bonds is 8. The van der Waals surface area contributed by atoms with Gasteiger partial charge in [0.15, 0.2) is 0 Å². The van der Waals surface area contributed by atoms with E-state index in [0.717, 1.165) is 23.4 Å². The van der Waals surface area contributed by atoms with E-state index in [1.165, 1.54) is 6.07 Å². The molecule has 42 heavy (non-hydrogen) atoms. The summed E-state index contributed by atoms with van der Waals surface area (Å²) in [6.07, 6.45) is 3.08. The van der Waals surface area contributed by atoms with Gasteiger partial charge in [0.05, 0.1) is 5.54 Å². The van der Waals surface area contributed by atoms with Crippen LogP contribution >= 0.6 is 0 Å². The number of anilines is 1. The SMILES string of the molecule is CN1CCC(N(C)C(=O)N2CC(c3cc(F)ccc3F)=C[C@@]2(CCCNc2ccccc2)c2ccccc2)CC(F)C1. The van der Waals surface area contributed by atoms with Crippen LogP contribution in [0.4, 0.5) is 23.7 Å². The van der Waals surface area contributed by atoms with Crippen LogP contribution in [0.3, 0.4) is 0 Å². The highest BCUT2D eigenvalue weighted by Gasteiger charge is 2.46. The van der Waals surface area contributed by atoms with Crippen molar-refractivity contribution in [2.24, 2.45) is 0 Å². The van der Waals surface area contributed by atoms with Gasteiger partial charge in [-0.25, -0.2) is 18.0 Å². The number of hydrogen-bond acceptors (Lipinski definition) is 3. The van der Waals surface area contributed by atoms with Crippen LogP contribution in [0, 0.1) is 11.6 Å². The lowest BCUT2D eigenvalue weighted by Crippen LogP contribution is -2.53. The number of carbonyl (C=O) groups excluding carboxylic acids is 1. The van der Waals surface area contributed by atoms with Crippen LogP contribution in [0.15, 0.2) is 84.9 Å². The molecule has 5 nitrogen and oxygen atoms in total. The van der Waals surface area contributed by atoms with Crippen molar-refractivity contribution in [3.05, 3.63) is 108 Å². The van der Waals surface area contributed by atoms with Gasteiger partial charge in [0, 0.05) is 50.4 Å². The summed E-state index contributed by atoms with van der Waals surface area (Å²) in [6.45, 7) is 1.80. The van der Waals surface area contributed by atoms with Crippen LogP contribution < -0.4 is 5.32 Å². The predicted molar refractivity (Wildman–Crippen MR) is 162 cm³/mol. The molecule has 2 unspecified atom stereocenters. The molecule has 0 saturated carbocycles. The number of amides is 2. The number of nitrogens with one attached hydrogen (secondary N) is 1. The van der Waals surface area contributed by atoms with Gasteiger partial charge in [-0.05, 0) is 80.4 Å². The fourth-order valence-electron chi connectivity index (χ4n) is 6.32. The Morgan fingerprint density at radius 3 is 2.50 bits per heavy atom. The van der Waals surface area contributed by atoms with Crippen LogP contribution in [0.1, 0.15) is 36.8 Å². The Bertz CT molecular complexity index is 1390. The Morgan fingerprint density at radius 2 is 1.76 bits per heavy atom. The Labute approximate surface area is 246 Å². The molecule has 3 atom stereocenters. The minimum absolute atomic E-state index is 0.107. The number of benzene rings is 3. The quantitative estimate of drug-likeness (QED) is 0.296. The summed E-state index contributed by atoms with van der Waals surface area (Å²) >= 11 is 0. The molecule has 3 aromatic rings. The summed E-state index contributed by atoms with van der Waals surface area (Å²) in [5, 5.41) is 3.44. The molecule has 2 aliphatic rings. The molecule has 1 saturated heterocycles. The van der Waals surface area contributed by atoms with Gasteiger partial charge in [-0.1, -0.05) is 48.5 Å². The average molecular weight is 577 g/mol. The number of carbonyl (C=O) groups is 1. The molecule has 1 N–H and O–H groups in total. The normalized spacial score (nSPS) is 22.9. The van der Waals surface area contributed by atoms with Crippen molar-refractivity contribution >= 4 is 17.3 Å². The zero-order valence-electron chi connectivity index (χ0n) is 24.3. The summed E-state index contributed by atoms with van der Waals surface area (Å²) in [4.78, 5) is 19.8. The van der Waals surface area contributed by atoms with Crippen molar-refractivity contribution < 1.29 is 18.0 Å². The Kier molecular flexibility index (Phi) is 9.21. The third kappa shape index (κ3) is 6.49. The minimum Gasteiger partial charge on any atom is -0.385 e. The van der Waals surface area contributed by atoms with Crippen molar-refractivity contribution in [3.63, 3.8) is 0 Å². The average Bonchev–Trinajstić information content (AvgIpc) is 3.30. The highest BCUT2D eigenvalue weighted by atomic mass is 19.1. The molecule has 5 rings (SSSR count). The standard InChI is InChI=1S/C34H39F3N4O/c1-39-19-16-30(20-28(36)24-39)40(2)33(42)41-23-25(31-21-27(35)14-15-32(31)37)22-34(41,26-10-5-3-6-11-26)17-9-18-38-29-12-7-4-8-13-29/h3-8,10-15,21-22,28,30,38H,9,16-20,23-24H2,1-2H3/t28?,30?,34-/m0/s1. The van der Waals surface area contributed by atoms with Gasteiger partial charge in [-0.15, -0.1) is 0 Å². The Balaban J connectivity index is 1.51. The molecular formula is C34H39F3N4O. The van der Waals surface area contributed by atoms with Gasteiger partial charge < -0.3 is 20.0 Å². The van der Waals surface area contributed by atoms with E-state index in [1.54, 1.807) is 16.8 Å². The molecule has 1 fully saturated rings. The number of para-hydroxylation sites is 1. The van der Waals surface area contributed by atoms with Gasteiger partial charge in [0.2, 0.25) is 0 Å². The largest absolute Gasteiger partial charge is 0.385 e. The van der Waals surface area contributed by atoms with Gasteiger partial charge in [-0.2, -0.15) is 0 Å². The molecular weight excluding hydrogens is 537 g/mol. The van der Waals surface area contributed by atoms with Gasteiger partial charge in [0.1, 0.15) is 17.8 Å². The van der Waals surface area contributed by atoms with E-state index in [1.807, 2.05) is 78.7 Å². The van der Waals surface area contributed by atoms with Crippen molar-refractivity contribution in [2.45, 2.75) is 43.4 Å². The maximum absolute atomic E-state index is 15.1. The first-order valence-corrected chi connectivity index (χ1v) is 14.7. The van der Waals surface area contributed by atoms with Crippen molar-refractivity contribution in [1.29, 1.82) is 0 Å². The number of nitrogens with zero attached hydrogens (tertiary/aromatic N) is 3. The summed E-state index contributed by atoms with van der Waals surface area (Å²) in [5.41, 5.74) is 1.69. The smallest absolute Gasteiger partial charge is 0.321 e. The minimum atomic E-state index is -1.03. The maximum Gasteiger partial charge on any atom is 0.321 e. The second kappa shape index (κ2) is 13.0. The fourth-order valence-corrected chi connectivity index (χ4v) is 6.32. The summed E-state index contributed by atoms with van der Waals surface area (Å²) in [6, 6.07) is 22.5. The lowest BCUT2D eigenvalue weighted by atomic mass is 9.84. The van der Waals surface area contributed by atoms with Gasteiger partial charge in [0.25, 0.3) is 0 Å². The first-order valence-electron chi connectivity index (χ1n) is 14.7. The summed E-state index contributed by atoms with van der Waals surface area (Å²) in [5.74, 6) is -1.08. The van der Waals surface area contributed by atoms with Crippen LogP contribution in [0.5, 0.6) is 0 Å². The topological polar surface area (TPSA) is 38.8 Å². The zero-order valence-corrected chi connectivity index (χ0v) is 24.3. The molecule has 0 aliphatic carbocycles. The number of hydrogen-bond donors (Lipinski definition) is 1.